The summed E-state index contributed by atoms with van der Waals surface area (Å²) < 4.78 is 22.3. The smallest absolute Gasteiger partial charge is 0.380 e. The summed E-state index contributed by atoms with van der Waals surface area (Å²) in [6.45, 7) is 0.793. The molecule has 2 aliphatic heterocycles. The van der Waals surface area contributed by atoms with Crippen LogP contribution < -0.4 is 5.32 Å². The molecule has 36 heavy (non-hydrogen) atoms. The summed E-state index contributed by atoms with van der Waals surface area (Å²) in [5, 5.41) is 5.26. The number of phosphoric ester groups is 1. The number of benzene rings is 3. The van der Waals surface area contributed by atoms with E-state index in [9.17, 15) is 19.1 Å². The lowest BCUT2D eigenvalue weighted by atomic mass is 9.82. The topological polar surface area (TPSA) is 108 Å². The van der Waals surface area contributed by atoms with Gasteiger partial charge in [0, 0.05) is 38.2 Å². The van der Waals surface area contributed by atoms with Gasteiger partial charge in [-0.05, 0) is 34.4 Å². The highest BCUT2D eigenvalue weighted by atomic mass is 31.2. The molecule has 0 unspecified atom stereocenters. The maximum atomic E-state index is 13.8. The Kier molecular flexibility index (Phi) is 7.26. The van der Waals surface area contributed by atoms with Crippen molar-refractivity contribution in [2.24, 2.45) is 11.8 Å². The third-order valence-electron chi connectivity index (χ3n) is 7.49. The van der Waals surface area contributed by atoms with Crippen molar-refractivity contribution in [2.45, 2.75) is 31.2 Å². The number of nitrogens with one attached hydrogen (secondary N) is 1. The number of carbonyl (C=O) groups is 1. The van der Waals surface area contributed by atoms with Gasteiger partial charge in [-0.2, -0.15) is 0 Å². The SMILES string of the molecule is CO[C@@H]1C[C@@H]2[C@@H](COP(=O)(O)O)[C@@H](C(=O)NCc3ccccc3)[C@@H](c3ccc4ccccc4c3)N2C1. The van der Waals surface area contributed by atoms with Crippen molar-refractivity contribution in [3.63, 3.8) is 0 Å². The highest BCUT2D eigenvalue weighted by molar-refractivity contribution is 7.46. The predicted octanol–water partition coefficient (Wildman–Crippen LogP) is 3.64. The molecule has 2 heterocycles. The van der Waals surface area contributed by atoms with E-state index in [-0.39, 0.29) is 30.7 Å². The molecule has 0 aliphatic carbocycles. The van der Waals surface area contributed by atoms with Gasteiger partial charge >= 0.3 is 7.82 Å². The van der Waals surface area contributed by atoms with Crippen LogP contribution in [-0.4, -0.2) is 53.0 Å². The zero-order valence-corrected chi connectivity index (χ0v) is 21.0. The first kappa shape index (κ1) is 25.1. The van der Waals surface area contributed by atoms with Crippen LogP contribution in [0.15, 0.2) is 72.8 Å². The molecule has 8 nitrogen and oxygen atoms in total. The normalized spacial score (nSPS) is 26.2. The minimum absolute atomic E-state index is 0.0242. The third kappa shape index (κ3) is 5.25. The Hall–Kier alpha value is -2.58. The van der Waals surface area contributed by atoms with Crippen molar-refractivity contribution in [3.8, 4) is 0 Å². The van der Waals surface area contributed by atoms with Gasteiger partial charge in [-0.1, -0.05) is 66.7 Å². The van der Waals surface area contributed by atoms with Crippen molar-refractivity contribution in [3.05, 3.63) is 83.9 Å². The van der Waals surface area contributed by atoms with E-state index in [1.165, 1.54) is 0 Å². The van der Waals surface area contributed by atoms with E-state index >= 15 is 0 Å². The van der Waals surface area contributed by atoms with Gasteiger partial charge in [0.2, 0.25) is 5.91 Å². The summed E-state index contributed by atoms with van der Waals surface area (Å²) in [7, 11) is -3.03. The van der Waals surface area contributed by atoms with Crippen LogP contribution in [0.3, 0.4) is 0 Å². The molecule has 3 aromatic carbocycles. The van der Waals surface area contributed by atoms with E-state index in [2.05, 4.69) is 22.3 Å². The van der Waals surface area contributed by atoms with Gasteiger partial charge in [-0.3, -0.25) is 14.2 Å². The molecular weight excluding hydrogens is 479 g/mol. The molecule has 0 aromatic heterocycles. The van der Waals surface area contributed by atoms with Crippen molar-refractivity contribution in [1.82, 2.24) is 10.2 Å². The summed E-state index contributed by atoms with van der Waals surface area (Å²) in [4.78, 5) is 34.9. The first-order chi connectivity index (χ1) is 17.3. The summed E-state index contributed by atoms with van der Waals surface area (Å²) >= 11 is 0. The number of methoxy groups -OCH3 is 1. The number of hydrogen-bond acceptors (Lipinski definition) is 5. The van der Waals surface area contributed by atoms with Crippen LogP contribution in [0.1, 0.15) is 23.6 Å². The minimum atomic E-state index is -4.70. The van der Waals surface area contributed by atoms with Gasteiger partial charge in [0.15, 0.2) is 0 Å². The van der Waals surface area contributed by atoms with Crippen LogP contribution in [-0.2, 0) is 25.2 Å². The molecular formula is C27H31N2O6P. The molecule has 5 atom stereocenters. The fourth-order valence-electron chi connectivity index (χ4n) is 5.87. The molecule has 190 valence electrons. The second-order valence-corrected chi connectivity index (χ2v) is 10.8. The number of fused-ring (bicyclic) bond motifs is 2. The molecule has 0 spiro atoms. The summed E-state index contributed by atoms with van der Waals surface area (Å²) in [6, 6.07) is 23.6. The van der Waals surface area contributed by atoms with Gasteiger partial charge in [0.05, 0.1) is 18.6 Å². The molecule has 2 fully saturated rings. The fourth-order valence-corrected chi connectivity index (χ4v) is 6.24. The fraction of sp³-hybridized carbons (Fsp3) is 0.370. The van der Waals surface area contributed by atoms with Gasteiger partial charge in [0.1, 0.15) is 0 Å². The number of amides is 1. The van der Waals surface area contributed by atoms with E-state index in [0.29, 0.717) is 19.5 Å². The molecule has 3 aromatic rings. The molecule has 2 saturated heterocycles. The lowest BCUT2D eigenvalue weighted by molar-refractivity contribution is -0.127. The van der Waals surface area contributed by atoms with Crippen LogP contribution in [0.2, 0.25) is 0 Å². The number of hydrogen-bond donors (Lipinski definition) is 3. The van der Waals surface area contributed by atoms with Gasteiger partial charge in [-0.25, -0.2) is 4.57 Å². The highest BCUT2D eigenvalue weighted by Gasteiger charge is 2.56. The second-order valence-electron chi connectivity index (χ2n) is 9.59. The Morgan fingerprint density at radius 2 is 1.78 bits per heavy atom. The van der Waals surface area contributed by atoms with Crippen LogP contribution in [0.4, 0.5) is 0 Å². The number of phosphoric acid groups is 1. The Morgan fingerprint density at radius 1 is 1.06 bits per heavy atom. The monoisotopic (exact) mass is 510 g/mol. The number of ether oxygens (including phenoxy) is 1. The molecule has 0 saturated carbocycles. The van der Waals surface area contributed by atoms with Crippen LogP contribution in [0, 0.1) is 11.8 Å². The minimum Gasteiger partial charge on any atom is -0.380 e. The average molecular weight is 511 g/mol. The molecule has 1 amide bonds. The van der Waals surface area contributed by atoms with Crippen LogP contribution in [0.25, 0.3) is 10.8 Å². The van der Waals surface area contributed by atoms with Gasteiger partial charge in [0.25, 0.3) is 0 Å². The van der Waals surface area contributed by atoms with E-state index in [0.717, 1.165) is 21.9 Å². The Balaban J connectivity index is 1.51. The highest BCUT2D eigenvalue weighted by Crippen LogP contribution is 2.51. The lowest BCUT2D eigenvalue weighted by Gasteiger charge is -2.29. The number of rotatable bonds is 8. The molecule has 2 aliphatic rings. The average Bonchev–Trinajstić information content (AvgIpc) is 3.42. The largest absolute Gasteiger partial charge is 0.469 e. The number of carbonyl (C=O) groups excluding carboxylic acids is 1. The van der Waals surface area contributed by atoms with Crippen molar-refractivity contribution >= 4 is 24.5 Å². The first-order valence-electron chi connectivity index (χ1n) is 12.1. The van der Waals surface area contributed by atoms with Crippen molar-refractivity contribution < 1.29 is 28.4 Å². The van der Waals surface area contributed by atoms with Gasteiger partial charge in [-0.15, -0.1) is 0 Å². The molecule has 0 radical (unpaired) electrons. The maximum Gasteiger partial charge on any atom is 0.469 e. The lowest BCUT2D eigenvalue weighted by Crippen LogP contribution is -2.39. The summed E-state index contributed by atoms with van der Waals surface area (Å²) in [6.07, 6.45) is 0.641. The zero-order valence-electron chi connectivity index (χ0n) is 20.1. The standard InChI is InChI=1S/C27H31N2O6P/c1-34-22-14-24-23(17-35-36(31,32)33)25(27(30)28-15-18-7-3-2-4-8-18)26(29(24)16-22)21-12-11-19-9-5-6-10-20(19)13-21/h2-13,22-26H,14-17H2,1H3,(H,28,30)(H2,31,32,33)/t22-,23-,24-,25-,26-/m1/s1. The quantitative estimate of drug-likeness (QED) is 0.397. The summed E-state index contributed by atoms with van der Waals surface area (Å²) in [5.74, 6) is -1.12. The Labute approximate surface area is 210 Å². The predicted molar refractivity (Wildman–Crippen MR) is 136 cm³/mol. The van der Waals surface area contributed by atoms with Gasteiger partial charge < -0.3 is 19.8 Å². The van der Waals surface area contributed by atoms with Crippen LogP contribution >= 0.6 is 7.82 Å². The first-order valence-corrected chi connectivity index (χ1v) is 13.7. The Morgan fingerprint density at radius 3 is 2.50 bits per heavy atom. The molecule has 5 rings (SSSR count). The van der Waals surface area contributed by atoms with Crippen molar-refractivity contribution in [2.75, 3.05) is 20.3 Å². The Bertz CT molecular complexity index is 1270. The van der Waals surface area contributed by atoms with E-state index in [1.807, 2.05) is 60.7 Å². The molecule has 0 bridgehead atoms. The van der Waals surface area contributed by atoms with Crippen LogP contribution in [0.5, 0.6) is 0 Å². The molecule has 3 N–H and O–H groups in total. The van der Waals surface area contributed by atoms with E-state index < -0.39 is 19.7 Å². The zero-order chi connectivity index (χ0) is 25.3. The maximum absolute atomic E-state index is 13.8. The second kappa shape index (κ2) is 10.4. The van der Waals surface area contributed by atoms with E-state index in [4.69, 9.17) is 9.26 Å². The third-order valence-corrected chi connectivity index (χ3v) is 7.98. The molecule has 9 heteroatoms. The van der Waals surface area contributed by atoms with Crippen molar-refractivity contribution in [1.29, 1.82) is 0 Å². The van der Waals surface area contributed by atoms with E-state index in [1.54, 1.807) is 7.11 Å². The summed E-state index contributed by atoms with van der Waals surface area (Å²) in [5.41, 5.74) is 1.98. The number of nitrogens with zero attached hydrogens (tertiary/aromatic N) is 1.